The van der Waals surface area contributed by atoms with E-state index in [1.54, 1.807) is 23.1 Å². The Balaban J connectivity index is 1.59. The van der Waals surface area contributed by atoms with Crippen LogP contribution in [0.5, 0.6) is 11.5 Å². The highest BCUT2D eigenvalue weighted by molar-refractivity contribution is 5.96. The molecule has 0 bridgehead atoms. The van der Waals surface area contributed by atoms with Crippen molar-refractivity contribution >= 4 is 18.1 Å². The number of nitrogens with one attached hydrogen (secondary N) is 1. The van der Waals surface area contributed by atoms with Gasteiger partial charge < -0.3 is 34.6 Å². The third-order valence-corrected chi connectivity index (χ3v) is 8.23. The molecule has 0 spiro atoms. The molecule has 2 fully saturated rings. The average molecular weight is 529 g/mol. The molecule has 2 aliphatic heterocycles. The van der Waals surface area contributed by atoms with E-state index in [2.05, 4.69) is 5.32 Å². The molecule has 10 heteroatoms. The lowest BCUT2D eigenvalue weighted by Crippen LogP contribution is -2.59. The van der Waals surface area contributed by atoms with Gasteiger partial charge in [0.2, 0.25) is 11.8 Å². The summed E-state index contributed by atoms with van der Waals surface area (Å²) in [7, 11) is 1.46. The Morgan fingerprint density at radius 2 is 2.00 bits per heavy atom. The number of hydrogen-bond acceptors (Lipinski definition) is 8. The summed E-state index contributed by atoms with van der Waals surface area (Å²) in [5.74, 6) is -0.756. The van der Waals surface area contributed by atoms with Crippen LogP contribution < -0.4 is 14.8 Å². The molecule has 1 aromatic rings. The molecule has 5 atom stereocenters. The highest BCUT2D eigenvalue weighted by Gasteiger charge is 2.52. The molecule has 1 aromatic carbocycles. The van der Waals surface area contributed by atoms with Crippen LogP contribution in [0, 0.1) is 5.92 Å². The van der Waals surface area contributed by atoms with Crippen molar-refractivity contribution in [3.63, 3.8) is 0 Å². The molecule has 5 unspecified atom stereocenters. The molecule has 206 valence electrons. The minimum atomic E-state index is -1.13. The zero-order valence-corrected chi connectivity index (χ0v) is 21.6. The molecule has 1 saturated carbocycles. The van der Waals surface area contributed by atoms with Crippen molar-refractivity contribution in [2.24, 2.45) is 5.92 Å². The van der Waals surface area contributed by atoms with E-state index in [1.165, 1.54) is 7.11 Å². The number of methoxy groups -OCH3 is 1. The first-order chi connectivity index (χ1) is 18.5. The second-order valence-electron chi connectivity index (χ2n) is 10.5. The van der Waals surface area contributed by atoms with Crippen molar-refractivity contribution in [2.45, 2.75) is 68.7 Å². The number of carbonyl (C=O) groups excluding carboxylic acids is 3. The minimum Gasteiger partial charge on any atom is -0.493 e. The minimum absolute atomic E-state index is 0.0525. The number of benzene rings is 1. The molecular weight excluding hydrogens is 492 g/mol. The fourth-order valence-electron chi connectivity index (χ4n) is 6.40. The number of nitrogens with zero attached hydrogens (tertiary/aromatic N) is 1. The van der Waals surface area contributed by atoms with Crippen LogP contribution in [0.4, 0.5) is 0 Å². The van der Waals surface area contributed by atoms with Gasteiger partial charge in [0.1, 0.15) is 18.5 Å². The molecule has 1 saturated heterocycles. The van der Waals surface area contributed by atoms with E-state index >= 15 is 0 Å². The molecule has 10 nitrogen and oxygen atoms in total. The van der Waals surface area contributed by atoms with E-state index in [0.717, 1.165) is 32.1 Å². The fourth-order valence-corrected chi connectivity index (χ4v) is 6.40. The van der Waals surface area contributed by atoms with Crippen molar-refractivity contribution in [3.05, 3.63) is 34.9 Å². The van der Waals surface area contributed by atoms with Gasteiger partial charge in [0.25, 0.3) is 0 Å². The lowest BCUT2D eigenvalue weighted by Gasteiger charge is -2.45. The van der Waals surface area contributed by atoms with E-state index in [4.69, 9.17) is 14.2 Å². The van der Waals surface area contributed by atoms with Gasteiger partial charge >= 0.3 is 0 Å². The second-order valence-corrected chi connectivity index (χ2v) is 10.5. The maximum Gasteiger partial charge on any atom is 0.247 e. The van der Waals surface area contributed by atoms with Gasteiger partial charge in [-0.2, -0.15) is 0 Å². The maximum atomic E-state index is 13.9. The quantitative estimate of drug-likeness (QED) is 0.430. The van der Waals surface area contributed by atoms with Gasteiger partial charge in [-0.15, -0.1) is 0 Å². The van der Waals surface area contributed by atoms with Crippen LogP contribution in [0.2, 0.25) is 0 Å². The monoisotopic (exact) mass is 528 g/mol. The Kier molecular flexibility index (Phi) is 8.01. The van der Waals surface area contributed by atoms with Crippen molar-refractivity contribution in [1.82, 2.24) is 10.2 Å². The van der Waals surface area contributed by atoms with E-state index in [-0.39, 0.29) is 31.0 Å². The molecule has 0 aromatic heterocycles. The molecule has 3 N–H and O–H groups in total. The summed E-state index contributed by atoms with van der Waals surface area (Å²) in [6.07, 6.45) is 5.76. The fraction of sp³-hybridized carbons (Fsp3) is 0.607. The van der Waals surface area contributed by atoms with Crippen LogP contribution in [0.1, 0.15) is 60.4 Å². The summed E-state index contributed by atoms with van der Waals surface area (Å²) in [5.41, 5.74) is 1.26. The molecule has 38 heavy (non-hydrogen) atoms. The number of aldehydes is 1. The summed E-state index contributed by atoms with van der Waals surface area (Å²) in [4.78, 5) is 40.8. The van der Waals surface area contributed by atoms with E-state index in [0.29, 0.717) is 54.1 Å². The molecule has 0 radical (unpaired) electrons. The molecule has 4 aliphatic rings. The summed E-state index contributed by atoms with van der Waals surface area (Å²) < 4.78 is 17.3. The second kappa shape index (κ2) is 11.4. The van der Waals surface area contributed by atoms with Gasteiger partial charge in [-0.3, -0.25) is 14.4 Å². The first-order valence-electron chi connectivity index (χ1n) is 13.5. The van der Waals surface area contributed by atoms with Gasteiger partial charge in [0.15, 0.2) is 11.5 Å². The molecule has 2 heterocycles. The number of rotatable bonds is 8. The van der Waals surface area contributed by atoms with Gasteiger partial charge in [-0.1, -0.05) is 19.3 Å². The van der Waals surface area contributed by atoms with E-state index < -0.39 is 30.1 Å². The predicted octanol–water partition coefficient (Wildman–Crippen LogP) is 1.33. The highest BCUT2D eigenvalue weighted by atomic mass is 16.5. The topological polar surface area (TPSA) is 135 Å². The van der Waals surface area contributed by atoms with Crippen LogP contribution in [0.25, 0.3) is 0 Å². The molecule has 5 rings (SSSR count). The SMILES string of the molecule is COc1cc(C=O)cc2c1OC1C2C(C(=O)NCCO)=CC(N(C(=O)C2CCOC2)C2CCCCC2)C1O. The summed E-state index contributed by atoms with van der Waals surface area (Å²) in [5, 5.41) is 23.8. The van der Waals surface area contributed by atoms with Crippen LogP contribution in [0.3, 0.4) is 0 Å². The average Bonchev–Trinajstić information content (AvgIpc) is 3.62. The Morgan fingerprint density at radius 1 is 1.21 bits per heavy atom. The van der Waals surface area contributed by atoms with E-state index in [9.17, 15) is 24.6 Å². The van der Waals surface area contributed by atoms with Crippen LogP contribution >= 0.6 is 0 Å². The van der Waals surface area contributed by atoms with Crippen molar-refractivity contribution < 1.29 is 38.8 Å². The third kappa shape index (κ3) is 4.81. The summed E-state index contributed by atoms with van der Waals surface area (Å²) in [6, 6.07) is 2.36. The maximum absolute atomic E-state index is 13.9. The standard InChI is InChI=1S/C28H36N2O8/c1-36-22-12-16(14-32)11-19-23-20(27(34)29-8-9-31)13-21(24(33)26(23)38-25(19)22)30(18-5-3-2-4-6-18)28(35)17-7-10-37-15-17/h11-14,17-18,21,23-24,26,31,33H,2-10,15H2,1H3,(H,29,34). The number of aliphatic hydroxyl groups excluding tert-OH is 2. The highest BCUT2D eigenvalue weighted by Crippen LogP contribution is 2.51. The molecule has 2 aliphatic carbocycles. The van der Waals surface area contributed by atoms with Crippen molar-refractivity contribution in [2.75, 3.05) is 33.5 Å². The lowest BCUT2D eigenvalue weighted by molar-refractivity contribution is -0.145. The third-order valence-electron chi connectivity index (χ3n) is 8.23. The predicted molar refractivity (Wildman–Crippen MR) is 136 cm³/mol. The van der Waals surface area contributed by atoms with Crippen molar-refractivity contribution in [1.29, 1.82) is 0 Å². The normalized spacial score (nSPS) is 28.5. The smallest absolute Gasteiger partial charge is 0.247 e. The van der Waals surface area contributed by atoms with Crippen LogP contribution in [-0.4, -0.2) is 91.0 Å². The largest absolute Gasteiger partial charge is 0.493 e. The summed E-state index contributed by atoms with van der Waals surface area (Å²) in [6.45, 7) is 0.688. The van der Waals surface area contributed by atoms with Crippen molar-refractivity contribution in [3.8, 4) is 11.5 Å². The first-order valence-corrected chi connectivity index (χ1v) is 13.5. The van der Waals surface area contributed by atoms with Crippen LogP contribution in [0.15, 0.2) is 23.8 Å². The Hall–Kier alpha value is -2.95. The first kappa shape index (κ1) is 26.6. The lowest BCUT2D eigenvalue weighted by atomic mass is 9.76. The molecule has 2 amide bonds. The number of aliphatic hydroxyl groups is 2. The zero-order chi connectivity index (χ0) is 26.8. The van der Waals surface area contributed by atoms with Gasteiger partial charge in [-0.25, -0.2) is 0 Å². The number of amides is 2. The number of carbonyl (C=O) groups is 3. The van der Waals surface area contributed by atoms with E-state index in [1.807, 2.05) is 0 Å². The summed E-state index contributed by atoms with van der Waals surface area (Å²) >= 11 is 0. The van der Waals surface area contributed by atoms with Crippen LogP contribution in [-0.2, 0) is 14.3 Å². The Morgan fingerprint density at radius 3 is 2.66 bits per heavy atom. The van der Waals surface area contributed by atoms with Gasteiger partial charge in [-0.05, 0) is 37.5 Å². The molecular formula is C28H36N2O8. The zero-order valence-electron chi connectivity index (χ0n) is 21.6. The Bertz CT molecular complexity index is 1090. The Labute approximate surface area is 221 Å². The van der Waals surface area contributed by atoms with Gasteiger partial charge in [0, 0.05) is 35.9 Å². The number of ether oxygens (including phenoxy) is 3. The number of hydrogen-bond donors (Lipinski definition) is 3. The number of fused-ring (bicyclic) bond motifs is 3. The van der Waals surface area contributed by atoms with Gasteiger partial charge in [0.05, 0.1) is 38.2 Å².